The van der Waals surface area contributed by atoms with E-state index in [9.17, 15) is 9.59 Å². The Morgan fingerprint density at radius 1 is 0.704 bits per heavy atom. The number of carbonyl (C=O) groups excluding carboxylic acids is 2. The average Bonchev–Trinajstić information content (AvgIpc) is 2.75. The maximum absolute atomic E-state index is 12.9. The molecule has 0 saturated carbocycles. The summed E-state index contributed by atoms with van der Waals surface area (Å²) in [7, 11) is 1.58. The minimum absolute atomic E-state index is 0.312. The van der Waals surface area contributed by atoms with Crippen LogP contribution in [0.1, 0.15) is 48.4 Å². The zero-order valence-electron chi connectivity index (χ0n) is 16.4. The van der Waals surface area contributed by atoms with Crippen molar-refractivity contribution in [3.05, 3.63) is 71.8 Å². The molecule has 0 fully saturated rings. The van der Waals surface area contributed by atoms with Crippen LogP contribution in [-0.4, -0.2) is 18.9 Å². The number of rotatable bonds is 2. The van der Waals surface area contributed by atoms with Crippen LogP contribution in [0.4, 0.5) is 5.69 Å². The number of nitrogens with zero attached hydrogens (tertiary/aromatic N) is 1. The summed E-state index contributed by atoms with van der Waals surface area (Å²) in [5.41, 5.74) is 1.60. The van der Waals surface area contributed by atoms with E-state index in [2.05, 4.69) is 0 Å². The topological polar surface area (TPSA) is 46.6 Å². The summed E-state index contributed by atoms with van der Waals surface area (Å²) in [5, 5.41) is 1.44. The highest BCUT2D eigenvalue weighted by atomic mass is 16.5. The van der Waals surface area contributed by atoms with Gasteiger partial charge in [0.25, 0.3) is 11.8 Å². The molecule has 1 aliphatic rings. The third-order valence-electron chi connectivity index (χ3n) is 4.10. The first-order valence-electron chi connectivity index (χ1n) is 9.26. The van der Waals surface area contributed by atoms with Gasteiger partial charge in [0.1, 0.15) is 5.75 Å². The summed E-state index contributed by atoms with van der Waals surface area (Å²) in [5.74, 6) is 0.0273. The molecule has 4 heteroatoms. The van der Waals surface area contributed by atoms with Gasteiger partial charge >= 0.3 is 0 Å². The summed E-state index contributed by atoms with van der Waals surface area (Å²) in [6, 6.07) is 17.9. The van der Waals surface area contributed by atoms with Crippen molar-refractivity contribution >= 4 is 28.3 Å². The van der Waals surface area contributed by atoms with Gasteiger partial charge < -0.3 is 4.74 Å². The van der Waals surface area contributed by atoms with Crippen molar-refractivity contribution in [3.8, 4) is 5.75 Å². The number of ether oxygens (including phenoxy) is 1. The van der Waals surface area contributed by atoms with E-state index in [1.54, 1.807) is 55.6 Å². The SMILES string of the molecule is CC.CC.COc1ccc2c3c(cccc13)C(=O)N(c1ccccc1)C2=O. The van der Waals surface area contributed by atoms with Crippen molar-refractivity contribution in [2.45, 2.75) is 27.7 Å². The second-order valence-corrected chi connectivity index (χ2v) is 5.32. The van der Waals surface area contributed by atoms with Crippen LogP contribution in [0.5, 0.6) is 5.75 Å². The number of methoxy groups -OCH3 is 1. The van der Waals surface area contributed by atoms with Crippen molar-refractivity contribution in [1.29, 1.82) is 0 Å². The Labute approximate surface area is 160 Å². The molecule has 1 aliphatic heterocycles. The number of hydrogen-bond acceptors (Lipinski definition) is 3. The summed E-state index contributed by atoms with van der Waals surface area (Å²) >= 11 is 0. The lowest BCUT2D eigenvalue weighted by molar-refractivity contribution is 0.0893. The van der Waals surface area contributed by atoms with E-state index in [1.165, 1.54) is 4.90 Å². The molecule has 27 heavy (non-hydrogen) atoms. The molecule has 3 aromatic rings. The molecule has 0 aromatic heterocycles. The van der Waals surface area contributed by atoms with E-state index in [0.717, 1.165) is 5.39 Å². The highest BCUT2D eigenvalue weighted by molar-refractivity contribution is 6.36. The van der Waals surface area contributed by atoms with Crippen molar-refractivity contribution in [3.63, 3.8) is 0 Å². The number of anilines is 1. The maximum atomic E-state index is 12.9. The van der Waals surface area contributed by atoms with Gasteiger partial charge in [-0.15, -0.1) is 0 Å². The fourth-order valence-corrected chi connectivity index (χ4v) is 3.06. The molecule has 4 nitrogen and oxygen atoms in total. The van der Waals surface area contributed by atoms with E-state index >= 15 is 0 Å². The molecule has 1 heterocycles. The van der Waals surface area contributed by atoms with E-state index in [-0.39, 0.29) is 11.8 Å². The monoisotopic (exact) mass is 363 g/mol. The lowest BCUT2D eigenvalue weighted by atomic mass is 9.93. The fraction of sp³-hybridized carbons (Fsp3) is 0.217. The van der Waals surface area contributed by atoms with Crippen LogP contribution >= 0.6 is 0 Å². The van der Waals surface area contributed by atoms with Gasteiger partial charge in [0.15, 0.2) is 0 Å². The van der Waals surface area contributed by atoms with E-state index in [4.69, 9.17) is 4.74 Å². The highest BCUT2D eigenvalue weighted by Crippen LogP contribution is 2.36. The molecule has 4 rings (SSSR count). The molecule has 0 radical (unpaired) electrons. The smallest absolute Gasteiger partial charge is 0.265 e. The predicted molar refractivity (Wildman–Crippen MR) is 111 cm³/mol. The number of imide groups is 1. The number of hydrogen-bond donors (Lipinski definition) is 0. The Morgan fingerprint density at radius 2 is 1.30 bits per heavy atom. The van der Waals surface area contributed by atoms with Crippen LogP contribution in [-0.2, 0) is 0 Å². The predicted octanol–water partition coefficient (Wildman–Crippen LogP) is 5.70. The van der Waals surface area contributed by atoms with Gasteiger partial charge in [-0.25, -0.2) is 4.90 Å². The van der Waals surface area contributed by atoms with E-state index in [0.29, 0.717) is 28.0 Å². The van der Waals surface area contributed by atoms with Gasteiger partial charge in [0.2, 0.25) is 0 Å². The molecular weight excluding hydrogens is 338 g/mol. The van der Waals surface area contributed by atoms with Crippen LogP contribution in [0.25, 0.3) is 10.8 Å². The van der Waals surface area contributed by atoms with E-state index in [1.807, 2.05) is 39.8 Å². The van der Waals surface area contributed by atoms with Crippen LogP contribution in [0.15, 0.2) is 60.7 Å². The Kier molecular flexibility index (Phi) is 6.72. The second-order valence-electron chi connectivity index (χ2n) is 5.32. The second kappa shape index (κ2) is 8.99. The number of para-hydroxylation sites is 1. The third-order valence-corrected chi connectivity index (χ3v) is 4.10. The summed E-state index contributed by atoms with van der Waals surface area (Å²) in [6.07, 6.45) is 0. The Hall–Kier alpha value is -3.14. The molecule has 0 bridgehead atoms. The van der Waals surface area contributed by atoms with Gasteiger partial charge in [0, 0.05) is 21.9 Å². The first kappa shape index (κ1) is 20.2. The van der Waals surface area contributed by atoms with Gasteiger partial charge in [-0.3, -0.25) is 9.59 Å². The third kappa shape index (κ3) is 3.43. The average molecular weight is 363 g/mol. The molecule has 0 aliphatic carbocycles. The fourth-order valence-electron chi connectivity index (χ4n) is 3.06. The standard InChI is InChI=1S/C19H13NO3.2C2H6/c1-23-16-11-10-15-17-13(16)8-5-9-14(17)18(21)20(19(15)22)12-6-3-2-4-7-12;2*1-2/h2-11H,1H3;2*1-2H3. The lowest BCUT2D eigenvalue weighted by Crippen LogP contribution is -2.40. The Morgan fingerprint density at radius 3 is 1.89 bits per heavy atom. The summed E-state index contributed by atoms with van der Waals surface area (Å²) in [6.45, 7) is 8.00. The van der Waals surface area contributed by atoms with Gasteiger partial charge in [-0.2, -0.15) is 0 Å². The minimum atomic E-state index is -0.312. The first-order chi connectivity index (χ1) is 13.2. The number of amides is 2. The summed E-state index contributed by atoms with van der Waals surface area (Å²) < 4.78 is 5.35. The maximum Gasteiger partial charge on any atom is 0.265 e. The van der Waals surface area contributed by atoms with Crippen molar-refractivity contribution in [1.82, 2.24) is 0 Å². The van der Waals surface area contributed by atoms with Crippen molar-refractivity contribution in [2.75, 3.05) is 12.0 Å². The molecule has 140 valence electrons. The van der Waals surface area contributed by atoms with Gasteiger partial charge in [-0.05, 0) is 30.3 Å². The van der Waals surface area contributed by atoms with Crippen molar-refractivity contribution in [2.24, 2.45) is 0 Å². The molecule has 0 spiro atoms. The van der Waals surface area contributed by atoms with Gasteiger partial charge in [0.05, 0.1) is 12.8 Å². The number of benzene rings is 3. The van der Waals surface area contributed by atoms with Crippen molar-refractivity contribution < 1.29 is 14.3 Å². The van der Waals surface area contributed by atoms with Crippen LogP contribution in [0, 0.1) is 0 Å². The Balaban J connectivity index is 0.000000614. The largest absolute Gasteiger partial charge is 0.496 e. The van der Waals surface area contributed by atoms with Gasteiger partial charge in [-0.1, -0.05) is 58.0 Å². The van der Waals surface area contributed by atoms with Crippen LogP contribution < -0.4 is 9.64 Å². The normalized spacial score (nSPS) is 12.0. The quantitative estimate of drug-likeness (QED) is 0.549. The minimum Gasteiger partial charge on any atom is -0.496 e. The molecule has 0 atom stereocenters. The lowest BCUT2D eigenvalue weighted by Gasteiger charge is -2.27. The van der Waals surface area contributed by atoms with Crippen LogP contribution in [0.2, 0.25) is 0 Å². The highest BCUT2D eigenvalue weighted by Gasteiger charge is 2.34. The molecule has 2 amide bonds. The Bertz CT molecular complexity index is 926. The number of carbonyl (C=O) groups is 2. The van der Waals surface area contributed by atoms with E-state index < -0.39 is 0 Å². The van der Waals surface area contributed by atoms with Crippen LogP contribution in [0.3, 0.4) is 0 Å². The molecule has 0 saturated heterocycles. The zero-order chi connectivity index (χ0) is 20.0. The first-order valence-corrected chi connectivity index (χ1v) is 9.26. The molecular formula is C23H25NO3. The molecule has 0 N–H and O–H groups in total. The molecule has 0 unspecified atom stereocenters. The molecule has 3 aromatic carbocycles. The zero-order valence-corrected chi connectivity index (χ0v) is 16.4. The summed E-state index contributed by atoms with van der Waals surface area (Å²) in [4.78, 5) is 27.0.